The molecule has 100 valence electrons. The van der Waals surface area contributed by atoms with Gasteiger partial charge >= 0.3 is 5.97 Å². The van der Waals surface area contributed by atoms with Crippen LogP contribution in [-0.4, -0.2) is 29.1 Å². The number of halogens is 1. The molecule has 2 rings (SSSR count). The summed E-state index contributed by atoms with van der Waals surface area (Å²) in [6.45, 7) is 1.86. The van der Waals surface area contributed by atoms with Crippen molar-refractivity contribution in [1.29, 1.82) is 0 Å². The smallest absolute Gasteiger partial charge is 0.326 e. The first-order valence-corrected chi connectivity index (χ1v) is 6.42. The van der Waals surface area contributed by atoms with Crippen LogP contribution in [0.2, 0.25) is 5.02 Å². The van der Waals surface area contributed by atoms with E-state index >= 15 is 0 Å². The Bertz CT molecular complexity index is 615. The van der Waals surface area contributed by atoms with E-state index in [2.05, 4.69) is 4.98 Å². The van der Waals surface area contributed by atoms with Crippen molar-refractivity contribution in [1.82, 2.24) is 4.98 Å². The van der Waals surface area contributed by atoms with E-state index in [1.165, 1.54) is 0 Å². The van der Waals surface area contributed by atoms with Crippen molar-refractivity contribution >= 4 is 34.2 Å². The van der Waals surface area contributed by atoms with Gasteiger partial charge in [0.2, 0.25) is 0 Å². The number of carboxylic acid groups (broad SMARTS) is 1. The fourth-order valence-electron chi connectivity index (χ4n) is 2.20. The minimum absolute atomic E-state index is 0.531. The maximum Gasteiger partial charge on any atom is 0.326 e. The summed E-state index contributed by atoms with van der Waals surface area (Å²) in [5, 5.41) is 10.8. The van der Waals surface area contributed by atoms with Crippen LogP contribution in [0.3, 0.4) is 0 Å². The number of carbonyl (C=O) groups is 1. The maximum absolute atomic E-state index is 11.3. The molecule has 4 nitrogen and oxygen atoms in total. The van der Waals surface area contributed by atoms with E-state index in [0.717, 1.165) is 16.6 Å². The van der Waals surface area contributed by atoms with E-state index in [4.69, 9.17) is 11.6 Å². The highest BCUT2D eigenvalue weighted by Gasteiger charge is 2.22. The minimum Gasteiger partial charge on any atom is -0.480 e. The molecular formula is C14H15ClN2O2. The summed E-state index contributed by atoms with van der Waals surface area (Å²) in [5.41, 5.74) is 1.60. The standard InChI is InChI=1S/C14H15ClN2O2/c1-3-12(14(18)19)17(2)13-6-7-16-11-8-9(15)4-5-10(11)13/h4-8,12H,3H2,1-2H3,(H,18,19). The first-order chi connectivity index (χ1) is 9.04. The fourth-order valence-corrected chi connectivity index (χ4v) is 2.36. The second kappa shape index (κ2) is 5.45. The Labute approximate surface area is 116 Å². The Morgan fingerprint density at radius 3 is 2.84 bits per heavy atom. The molecule has 5 heteroatoms. The number of benzene rings is 1. The van der Waals surface area contributed by atoms with E-state index in [1.807, 2.05) is 19.1 Å². The number of aliphatic carboxylic acids is 1. The van der Waals surface area contributed by atoms with Crippen molar-refractivity contribution in [3.05, 3.63) is 35.5 Å². The lowest BCUT2D eigenvalue weighted by Crippen LogP contribution is -2.38. The summed E-state index contributed by atoms with van der Waals surface area (Å²) >= 11 is 5.94. The Hall–Kier alpha value is -1.81. The van der Waals surface area contributed by atoms with Crippen molar-refractivity contribution in [2.45, 2.75) is 19.4 Å². The Morgan fingerprint density at radius 1 is 1.47 bits per heavy atom. The van der Waals surface area contributed by atoms with Crippen LogP contribution in [0.4, 0.5) is 5.69 Å². The third-order valence-electron chi connectivity index (χ3n) is 3.20. The van der Waals surface area contributed by atoms with Crippen molar-refractivity contribution < 1.29 is 9.90 Å². The number of carboxylic acids is 1. The van der Waals surface area contributed by atoms with Gasteiger partial charge in [-0.2, -0.15) is 0 Å². The number of hydrogen-bond donors (Lipinski definition) is 1. The monoisotopic (exact) mass is 278 g/mol. The van der Waals surface area contributed by atoms with Crippen molar-refractivity contribution in [3.8, 4) is 0 Å². The van der Waals surface area contributed by atoms with Crippen molar-refractivity contribution in [2.75, 3.05) is 11.9 Å². The molecule has 0 saturated heterocycles. The molecule has 1 aromatic heterocycles. The summed E-state index contributed by atoms with van der Waals surface area (Å²) < 4.78 is 0. The molecule has 0 radical (unpaired) electrons. The van der Waals surface area contributed by atoms with Crippen molar-refractivity contribution in [2.24, 2.45) is 0 Å². The summed E-state index contributed by atoms with van der Waals surface area (Å²) in [7, 11) is 1.78. The van der Waals surface area contributed by atoms with Crippen LogP contribution in [-0.2, 0) is 4.79 Å². The average molecular weight is 279 g/mol. The number of rotatable bonds is 4. The lowest BCUT2D eigenvalue weighted by molar-refractivity contribution is -0.138. The van der Waals surface area contributed by atoms with E-state index < -0.39 is 12.0 Å². The number of nitrogens with zero attached hydrogens (tertiary/aromatic N) is 2. The lowest BCUT2D eigenvalue weighted by atomic mass is 10.1. The second-order valence-corrected chi connectivity index (χ2v) is 4.80. The fraction of sp³-hybridized carbons (Fsp3) is 0.286. The van der Waals surface area contributed by atoms with Gasteiger partial charge in [0.25, 0.3) is 0 Å². The normalized spacial score (nSPS) is 12.4. The number of pyridine rings is 1. The first-order valence-electron chi connectivity index (χ1n) is 6.04. The van der Waals surface area contributed by atoms with Crippen molar-refractivity contribution in [3.63, 3.8) is 0 Å². The third kappa shape index (κ3) is 2.63. The molecule has 1 atom stereocenters. The zero-order valence-corrected chi connectivity index (χ0v) is 11.6. The molecule has 0 saturated carbocycles. The summed E-state index contributed by atoms with van der Waals surface area (Å²) in [4.78, 5) is 17.3. The number of likely N-dealkylation sites (N-methyl/N-ethyl adjacent to an activating group) is 1. The zero-order chi connectivity index (χ0) is 14.0. The molecule has 2 aromatic rings. The van der Waals surface area contributed by atoms with Gasteiger partial charge in [0.05, 0.1) is 5.52 Å². The van der Waals surface area contributed by atoms with Gasteiger partial charge in [-0.05, 0) is 30.7 Å². The van der Waals surface area contributed by atoms with E-state index in [-0.39, 0.29) is 0 Å². The lowest BCUT2D eigenvalue weighted by Gasteiger charge is -2.26. The molecule has 1 heterocycles. The number of anilines is 1. The molecule has 0 bridgehead atoms. The highest BCUT2D eigenvalue weighted by atomic mass is 35.5. The van der Waals surface area contributed by atoms with E-state index in [1.54, 1.807) is 30.3 Å². The molecule has 0 aliphatic carbocycles. The van der Waals surface area contributed by atoms with Crippen LogP contribution in [0.1, 0.15) is 13.3 Å². The molecule has 0 amide bonds. The topological polar surface area (TPSA) is 53.4 Å². The Kier molecular flexibility index (Phi) is 3.90. The van der Waals surface area contributed by atoms with Gasteiger partial charge in [0, 0.05) is 29.3 Å². The molecule has 0 spiro atoms. The Morgan fingerprint density at radius 2 is 2.21 bits per heavy atom. The number of hydrogen-bond acceptors (Lipinski definition) is 3. The molecule has 0 aliphatic rings. The summed E-state index contributed by atoms with van der Waals surface area (Å²) in [5.74, 6) is -0.830. The number of fused-ring (bicyclic) bond motifs is 1. The highest BCUT2D eigenvalue weighted by Crippen LogP contribution is 2.28. The van der Waals surface area contributed by atoms with Crippen LogP contribution < -0.4 is 4.90 Å². The Balaban J connectivity index is 2.53. The van der Waals surface area contributed by atoms with Gasteiger partial charge in [-0.25, -0.2) is 4.79 Å². The molecule has 19 heavy (non-hydrogen) atoms. The quantitative estimate of drug-likeness (QED) is 0.933. The van der Waals surface area contributed by atoms with Gasteiger partial charge in [-0.3, -0.25) is 4.98 Å². The molecule has 1 N–H and O–H groups in total. The third-order valence-corrected chi connectivity index (χ3v) is 3.44. The first kappa shape index (κ1) is 13.6. The van der Waals surface area contributed by atoms with Crippen LogP contribution in [0.15, 0.2) is 30.5 Å². The molecule has 1 unspecified atom stereocenters. The van der Waals surface area contributed by atoms with Gasteiger partial charge in [-0.15, -0.1) is 0 Å². The SMILES string of the molecule is CCC(C(=O)O)N(C)c1ccnc2cc(Cl)ccc12. The molecule has 1 aromatic carbocycles. The molecule has 0 aliphatic heterocycles. The van der Waals surface area contributed by atoms with Crippen LogP contribution in [0.5, 0.6) is 0 Å². The largest absolute Gasteiger partial charge is 0.480 e. The van der Waals surface area contributed by atoms with E-state index in [9.17, 15) is 9.90 Å². The van der Waals surface area contributed by atoms with Crippen LogP contribution >= 0.6 is 11.6 Å². The van der Waals surface area contributed by atoms with Gasteiger partial charge < -0.3 is 10.0 Å². The zero-order valence-electron chi connectivity index (χ0n) is 10.8. The predicted octanol–water partition coefficient (Wildman–Crippen LogP) is 3.19. The average Bonchev–Trinajstić information content (AvgIpc) is 2.37. The van der Waals surface area contributed by atoms with Crippen LogP contribution in [0, 0.1) is 0 Å². The van der Waals surface area contributed by atoms with Gasteiger partial charge in [-0.1, -0.05) is 18.5 Å². The summed E-state index contributed by atoms with van der Waals surface area (Å²) in [6, 6.07) is 6.69. The minimum atomic E-state index is -0.830. The predicted molar refractivity (Wildman–Crippen MR) is 76.9 cm³/mol. The van der Waals surface area contributed by atoms with E-state index in [0.29, 0.717) is 11.4 Å². The van der Waals surface area contributed by atoms with Gasteiger partial charge in [0.1, 0.15) is 6.04 Å². The highest BCUT2D eigenvalue weighted by molar-refractivity contribution is 6.31. The number of aromatic nitrogens is 1. The molecule has 0 fully saturated rings. The summed E-state index contributed by atoms with van der Waals surface area (Å²) in [6.07, 6.45) is 2.20. The van der Waals surface area contributed by atoms with Gasteiger partial charge in [0.15, 0.2) is 0 Å². The van der Waals surface area contributed by atoms with Crippen LogP contribution in [0.25, 0.3) is 10.9 Å². The molecular weight excluding hydrogens is 264 g/mol. The second-order valence-electron chi connectivity index (χ2n) is 4.36. The maximum atomic E-state index is 11.3.